The molecule has 0 saturated heterocycles. The molecule has 0 aliphatic rings. The second-order valence-electron chi connectivity index (χ2n) is 1.81. The summed E-state index contributed by atoms with van der Waals surface area (Å²) in [6.07, 6.45) is 0. The first-order chi connectivity index (χ1) is 4.54. The van der Waals surface area contributed by atoms with Crippen molar-refractivity contribution >= 4 is 22.8 Å². The lowest BCUT2D eigenvalue weighted by atomic mass is 10.4. The third kappa shape index (κ3) is 4.34. The van der Waals surface area contributed by atoms with Crippen LogP contribution in [0, 0.1) is 5.41 Å². The van der Waals surface area contributed by atoms with Gasteiger partial charge >= 0.3 is 5.97 Å². The van der Waals surface area contributed by atoms with Crippen LogP contribution in [-0.4, -0.2) is 27.9 Å². The van der Waals surface area contributed by atoms with E-state index in [1.165, 1.54) is 0 Å². The van der Waals surface area contributed by atoms with E-state index in [1.54, 1.807) is 6.92 Å². The van der Waals surface area contributed by atoms with Crippen molar-refractivity contribution in [2.45, 2.75) is 13.0 Å². The van der Waals surface area contributed by atoms with Crippen LogP contribution in [0.1, 0.15) is 6.92 Å². The number of nitrogens with two attached hydrogens (primary N) is 1. The molecule has 0 fully saturated rings. The number of hydrogen-bond donors (Lipinski definition) is 3. The number of carboxylic acid groups (broad SMARTS) is 1. The number of nitrogens with one attached hydrogen (secondary N) is 1. The first kappa shape index (κ1) is 9.45. The Hall–Kier alpha value is -0.550. The maximum absolute atomic E-state index is 10.1. The summed E-state index contributed by atoms with van der Waals surface area (Å²) in [6.45, 7) is 1.60. The summed E-state index contributed by atoms with van der Waals surface area (Å²) in [7, 11) is 0. The number of carboxylic acids is 1. The second-order valence-corrected chi connectivity index (χ2v) is 3.05. The molecule has 10 heavy (non-hydrogen) atoms. The van der Waals surface area contributed by atoms with Crippen molar-refractivity contribution in [3.8, 4) is 0 Å². The van der Waals surface area contributed by atoms with Gasteiger partial charge in [0.15, 0.2) is 0 Å². The third-order valence-electron chi connectivity index (χ3n) is 0.797. The van der Waals surface area contributed by atoms with Crippen LogP contribution in [0.2, 0.25) is 0 Å². The molecule has 0 amide bonds. The van der Waals surface area contributed by atoms with Gasteiger partial charge in [-0.1, -0.05) is 0 Å². The Balaban J connectivity index is 3.49. The Bertz CT molecular complexity index is 149. The molecule has 0 bridgehead atoms. The van der Waals surface area contributed by atoms with Crippen LogP contribution in [0.25, 0.3) is 0 Å². The summed E-state index contributed by atoms with van der Waals surface area (Å²) in [6, 6.07) is -0.856. The van der Waals surface area contributed by atoms with E-state index < -0.39 is 12.0 Å². The van der Waals surface area contributed by atoms with Gasteiger partial charge in [-0.25, -0.2) is 0 Å². The highest BCUT2D eigenvalue weighted by Gasteiger charge is 2.10. The van der Waals surface area contributed by atoms with Gasteiger partial charge in [-0.2, -0.15) is 0 Å². The monoisotopic (exact) mass is 162 g/mol. The molecule has 0 aromatic rings. The summed E-state index contributed by atoms with van der Waals surface area (Å²) in [5.74, 6) is -0.751. The van der Waals surface area contributed by atoms with Crippen LogP contribution in [-0.2, 0) is 4.79 Å². The smallest absolute Gasteiger partial charge is 0.321 e. The van der Waals surface area contributed by atoms with Crippen molar-refractivity contribution in [1.29, 1.82) is 5.41 Å². The van der Waals surface area contributed by atoms with Crippen LogP contribution >= 0.6 is 11.8 Å². The van der Waals surface area contributed by atoms with Gasteiger partial charge in [-0.05, 0) is 6.92 Å². The minimum atomic E-state index is -1.02. The molecule has 0 heterocycles. The number of hydrogen-bond acceptors (Lipinski definition) is 4. The van der Waals surface area contributed by atoms with Gasteiger partial charge in [0.1, 0.15) is 6.04 Å². The van der Waals surface area contributed by atoms with Gasteiger partial charge in [-0.15, -0.1) is 11.8 Å². The molecule has 0 aromatic carbocycles. The molecule has 0 saturated carbocycles. The van der Waals surface area contributed by atoms with E-state index in [4.69, 9.17) is 16.2 Å². The normalized spacial score (nSPS) is 12.6. The average molecular weight is 162 g/mol. The second kappa shape index (κ2) is 4.29. The largest absolute Gasteiger partial charge is 0.480 e. The lowest BCUT2D eigenvalue weighted by Crippen LogP contribution is -2.32. The molecular formula is C5H10N2O2S. The van der Waals surface area contributed by atoms with Gasteiger partial charge < -0.3 is 10.8 Å². The Labute approximate surface area is 63.3 Å². The van der Waals surface area contributed by atoms with Crippen LogP contribution in [0.3, 0.4) is 0 Å². The standard InChI is InChI=1S/C5H10N2O2S/c1-3(6)10-2-4(7)5(8)9/h4,6H,2,7H2,1H3,(H,8,9)/t4-/m0/s1. The first-order valence-electron chi connectivity index (χ1n) is 2.70. The lowest BCUT2D eigenvalue weighted by molar-refractivity contribution is -0.137. The SMILES string of the molecule is CC(=N)SC[C@H](N)C(=O)O. The maximum atomic E-state index is 10.1. The van der Waals surface area contributed by atoms with E-state index in [2.05, 4.69) is 0 Å². The van der Waals surface area contributed by atoms with Gasteiger partial charge in [0.2, 0.25) is 0 Å². The van der Waals surface area contributed by atoms with Crippen molar-refractivity contribution in [3.63, 3.8) is 0 Å². The minimum absolute atomic E-state index is 0.269. The van der Waals surface area contributed by atoms with Crippen molar-refractivity contribution in [2.24, 2.45) is 5.73 Å². The molecule has 4 N–H and O–H groups in total. The van der Waals surface area contributed by atoms with E-state index in [1.807, 2.05) is 0 Å². The number of thioether (sulfide) groups is 1. The molecule has 0 rings (SSSR count). The summed E-state index contributed by atoms with van der Waals surface area (Å²) in [5.41, 5.74) is 5.15. The molecule has 5 heteroatoms. The molecule has 0 aliphatic heterocycles. The van der Waals surface area contributed by atoms with Crippen LogP contribution in [0.15, 0.2) is 0 Å². The fraction of sp³-hybridized carbons (Fsp3) is 0.600. The average Bonchev–Trinajstić information content (AvgIpc) is 1.82. The fourth-order valence-corrected chi connectivity index (χ4v) is 0.858. The van der Waals surface area contributed by atoms with Gasteiger partial charge in [0.25, 0.3) is 0 Å². The van der Waals surface area contributed by atoms with Crippen LogP contribution < -0.4 is 5.73 Å². The zero-order valence-electron chi connectivity index (χ0n) is 5.63. The summed E-state index contributed by atoms with van der Waals surface area (Å²) in [5, 5.41) is 15.6. The van der Waals surface area contributed by atoms with E-state index in [0.29, 0.717) is 5.04 Å². The van der Waals surface area contributed by atoms with Crippen molar-refractivity contribution in [1.82, 2.24) is 0 Å². The van der Waals surface area contributed by atoms with E-state index >= 15 is 0 Å². The Morgan fingerprint density at radius 3 is 2.70 bits per heavy atom. The highest BCUT2D eigenvalue weighted by Crippen LogP contribution is 2.02. The predicted octanol–water partition coefficient (Wildman–Crippen LogP) is 0.129. The van der Waals surface area contributed by atoms with Crippen LogP contribution in [0.5, 0.6) is 0 Å². The van der Waals surface area contributed by atoms with Gasteiger partial charge in [-0.3, -0.25) is 10.2 Å². The molecule has 0 radical (unpaired) electrons. The summed E-state index contributed by atoms with van der Waals surface area (Å²) in [4.78, 5) is 10.1. The highest BCUT2D eigenvalue weighted by molar-refractivity contribution is 8.13. The molecular weight excluding hydrogens is 152 g/mol. The maximum Gasteiger partial charge on any atom is 0.321 e. The van der Waals surface area contributed by atoms with E-state index in [9.17, 15) is 4.79 Å². The molecule has 0 aliphatic carbocycles. The van der Waals surface area contributed by atoms with Crippen molar-refractivity contribution < 1.29 is 9.90 Å². The topological polar surface area (TPSA) is 87.2 Å². The minimum Gasteiger partial charge on any atom is -0.480 e. The molecule has 58 valence electrons. The first-order valence-corrected chi connectivity index (χ1v) is 3.69. The molecule has 0 spiro atoms. The number of aliphatic carboxylic acids is 1. The summed E-state index contributed by atoms with van der Waals surface area (Å²) < 4.78 is 0. The van der Waals surface area contributed by atoms with E-state index in [0.717, 1.165) is 11.8 Å². The number of carbonyl (C=O) groups is 1. The van der Waals surface area contributed by atoms with Crippen LogP contribution in [0.4, 0.5) is 0 Å². The quantitative estimate of drug-likeness (QED) is 0.406. The third-order valence-corrected chi connectivity index (χ3v) is 1.76. The molecule has 1 atom stereocenters. The summed E-state index contributed by atoms with van der Waals surface area (Å²) >= 11 is 1.15. The number of rotatable bonds is 3. The van der Waals surface area contributed by atoms with Gasteiger partial charge in [0.05, 0.1) is 5.04 Å². The van der Waals surface area contributed by atoms with E-state index in [-0.39, 0.29) is 5.75 Å². The Morgan fingerprint density at radius 1 is 1.90 bits per heavy atom. The molecule has 0 unspecified atom stereocenters. The zero-order chi connectivity index (χ0) is 8.15. The molecule has 0 aromatic heterocycles. The van der Waals surface area contributed by atoms with Gasteiger partial charge in [0, 0.05) is 5.75 Å². The highest BCUT2D eigenvalue weighted by atomic mass is 32.2. The molecule has 4 nitrogen and oxygen atoms in total. The van der Waals surface area contributed by atoms with Crippen molar-refractivity contribution in [2.75, 3.05) is 5.75 Å². The predicted molar refractivity (Wildman–Crippen MR) is 41.5 cm³/mol. The Kier molecular flexibility index (Phi) is 4.06. The zero-order valence-corrected chi connectivity index (χ0v) is 6.44. The van der Waals surface area contributed by atoms with Crippen molar-refractivity contribution in [3.05, 3.63) is 0 Å². The Morgan fingerprint density at radius 2 is 2.40 bits per heavy atom. The lowest BCUT2D eigenvalue weighted by Gasteiger charge is -2.02. The fourth-order valence-electron chi connectivity index (χ4n) is 0.286.